The van der Waals surface area contributed by atoms with Crippen LogP contribution < -0.4 is 14.7 Å². The van der Waals surface area contributed by atoms with Gasteiger partial charge in [-0.15, -0.1) is 0 Å². The van der Waals surface area contributed by atoms with E-state index in [1.54, 1.807) is 0 Å². The molecule has 28 heavy (non-hydrogen) atoms. The molecule has 0 N–H and O–H groups in total. The van der Waals surface area contributed by atoms with Gasteiger partial charge in [0.2, 0.25) is 0 Å². The number of aromatic nitrogens is 2. The van der Waals surface area contributed by atoms with Crippen LogP contribution in [0.3, 0.4) is 0 Å². The summed E-state index contributed by atoms with van der Waals surface area (Å²) in [5.41, 5.74) is 5.79. The molecule has 4 rings (SSSR count). The first-order valence-electron chi connectivity index (χ1n) is 9.76. The van der Waals surface area contributed by atoms with Crippen molar-refractivity contribution in [1.29, 1.82) is 0 Å². The van der Waals surface area contributed by atoms with Gasteiger partial charge in [-0.2, -0.15) is 0 Å². The molecule has 1 aromatic heterocycles. The van der Waals surface area contributed by atoms with Crippen molar-refractivity contribution < 1.29 is 0 Å². The molecule has 1 fully saturated rings. The summed E-state index contributed by atoms with van der Waals surface area (Å²) >= 11 is 0. The molecule has 5 nitrogen and oxygen atoms in total. The highest BCUT2D eigenvalue weighted by molar-refractivity contribution is 5.64. The Morgan fingerprint density at radius 3 is 2.07 bits per heavy atom. The standard InChI is InChI=1S/C23H27N5/c1-18-4-8-21(9-5-18)27-12-14-28(15-13-27)23-17-24-16-22(25-23)19-6-10-20(11-7-19)26(2)3/h4-11,16-17H,12-15H2,1-3H3. The molecule has 5 heteroatoms. The Kier molecular flexibility index (Phi) is 5.15. The second kappa shape index (κ2) is 7.89. The van der Waals surface area contributed by atoms with E-state index in [4.69, 9.17) is 4.98 Å². The monoisotopic (exact) mass is 373 g/mol. The lowest BCUT2D eigenvalue weighted by atomic mass is 10.1. The number of benzene rings is 2. The van der Waals surface area contributed by atoms with E-state index in [0.29, 0.717) is 0 Å². The minimum Gasteiger partial charge on any atom is -0.378 e. The summed E-state index contributed by atoms with van der Waals surface area (Å²) in [7, 11) is 4.09. The van der Waals surface area contributed by atoms with Gasteiger partial charge in [0.25, 0.3) is 0 Å². The topological polar surface area (TPSA) is 35.5 Å². The molecule has 0 unspecified atom stereocenters. The minimum atomic E-state index is 0.920. The van der Waals surface area contributed by atoms with E-state index < -0.39 is 0 Å². The van der Waals surface area contributed by atoms with Gasteiger partial charge in [-0.1, -0.05) is 29.8 Å². The van der Waals surface area contributed by atoms with E-state index in [1.165, 1.54) is 16.9 Å². The maximum absolute atomic E-state index is 4.88. The number of hydrogen-bond donors (Lipinski definition) is 0. The van der Waals surface area contributed by atoms with Crippen molar-refractivity contribution in [3.8, 4) is 11.3 Å². The van der Waals surface area contributed by atoms with Crippen LogP contribution in [0.25, 0.3) is 11.3 Å². The first kappa shape index (κ1) is 18.3. The highest BCUT2D eigenvalue weighted by Gasteiger charge is 2.19. The van der Waals surface area contributed by atoms with Gasteiger partial charge in [-0.3, -0.25) is 4.98 Å². The van der Waals surface area contributed by atoms with Gasteiger partial charge < -0.3 is 14.7 Å². The largest absolute Gasteiger partial charge is 0.378 e. The molecule has 0 atom stereocenters. The Balaban J connectivity index is 1.45. The van der Waals surface area contributed by atoms with Crippen molar-refractivity contribution in [2.75, 3.05) is 55.0 Å². The number of anilines is 3. The summed E-state index contributed by atoms with van der Waals surface area (Å²) in [4.78, 5) is 16.2. The number of rotatable bonds is 4. The molecule has 0 saturated carbocycles. The molecule has 1 aliphatic rings. The molecule has 0 radical (unpaired) electrons. The van der Waals surface area contributed by atoms with Gasteiger partial charge in [-0.25, -0.2) is 4.98 Å². The number of aryl methyl sites for hydroxylation is 1. The Bertz CT molecular complexity index is 910. The average molecular weight is 374 g/mol. The van der Waals surface area contributed by atoms with Gasteiger partial charge in [0.15, 0.2) is 0 Å². The van der Waals surface area contributed by atoms with Gasteiger partial charge in [0, 0.05) is 57.2 Å². The fourth-order valence-electron chi connectivity index (χ4n) is 3.53. The zero-order chi connectivity index (χ0) is 19.5. The van der Waals surface area contributed by atoms with Gasteiger partial charge in [0.1, 0.15) is 5.82 Å². The van der Waals surface area contributed by atoms with Gasteiger partial charge in [-0.05, 0) is 31.2 Å². The van der Waals surface area contributed by atoms with Crippen molar-refractivity contribution >= 4 is 17.2 Å². The smallest absolute Gasteiger partial charge is 0.147 e. The second-order valence-electron chi connectivity index (χ2n) is 7.51. The Hall–Kier alpha value is -3.08. The van der Waals surface area contributed by atoms with Crippen molar-refractivity contribution in [1.82, 2.24) is 9.97 Å². The molecular formula is C23H27N5. The van der Waals surface area contributed by atoms with E-state index in [1.807, 2.05) is 26.5 Å². The maximum atomic E-state index is 4.88. The van der Waals surface area contributed by atoms with Gasteiger partial charge in [0.05, 0.1) is 18.1 Å². The summed E-state index contributed by atoms with van der Waals surface area (Å²) < 4.78 is 0. The molecule has 1 saturated heterocycles. The van der Waals surface area contributed by atoms with Gasteiger partial charge >= 0.3 is 0 Å². The van der Waals surface area contributed by atoms with Crippen LogP contribution in [-0.2, 0) is 0 Å². The molecule has 0 amide bonds. The molecule has 0 aliphatic carbocycles. The van der Waals surface area contributed by atoms with E-state index in [-0.39, 0.29) is 0 Å². The number of nitrogens with zero attached hydrogens (tertiary/aromatic N) is 5. The molecule has 0 spiro atoms. The maximum Gasteiger partial charge on any atom is 0.147 e. The lowest BCUT2D eigenvalue weighted by Crippen LogP contribution is -2.46. The summed E-state index contributed by atoms with van der Waals surface area (Å²) in [6, 6.07) is 17.2. The zero-order valence-electron chi connectivity index (χ0n) is 16.8. The summed E-state index contributed by atoms with van der Waals surface area (Å²) in [5.74, 6) is 0.956. The third-order valence-corrected chi connectivity index (χ3v) is 5.30. The van der Waals surface area contributed by atoms with Crippen molar-refractivity contribution in [2.45, 2.75) is 6.92 Å². The van der Waals surface area contributed by atoms with Crippen LogP contribution in [0.5, 0.6) is 0 Å². The SMILES string of the molecule is Cc1ccc(N2CCN(c3cncc(-c4ccc(N(C)C)cc4)n3)CC2)cc1. The minimum absolute atomic E-state index is 0.920. The molecule has 3 aromatic rings. The number of hydrogen-bond acceptors (Lipinski definition) is 5. The van der Waals surface area contributed by atoms with Crippen LogP contribution in [0.2, 0.25) is 0 Å². The predicted octanol–water partition coefficient (Wildman–Crippen LogP) is 3.84. The van der Waals surface area contributed by atoms with Crippen molar-refractivity contribution in [3.05, 3.63) is 66.5 Å². The van der Waals surface area contributed by atoms with E-state index >= 15 is 0 Å². The zero-order valence-corrected chi connectivity index (χ0v) is 16.8. The average Bonchev–Trinajstić information content (AvgIpc) is 2.75. The van der Waals surface area contributed by atoms with E-state index in [0.717, 1.165) is 43.3 Å². The summed E-state index contributed by atoms with van der Waals surface area (Å²) in [6.45, 7) is 6.01. The van der Waals surface area contributed by atoms with E-state index in [2.05, 4.69) is 75.1 Å². The lowest BCUT2D eigenvalue weighted by Gasteiger charge is -2.36. The molecule has 2 heterocycles. The first-order chi connectivity index (χ1) is 13.6. The quantitative estimate of drug-likeness (QED) is 0.694. The highest BCUT2D eigenvalue weighted by atomic mass is 15.3. The third-order valence-electron chi connectivity index (χ3n) is 5.30. The lowest BCUT2D eigenvalue weighted by molar-refractivity contribution is 0.646. The Morgan fingerprint density at radius 1 is 0.786 bits per heavy atom. The summed E-state index contributed by atoms with van der Waals surface area (Å²) in [6.07, 6.45) is 3.72. The fourth-order valence-corrected chi connectivity index (χ4v) is 3.53. The Morgan fingerprint density at radius 2 is 1.43 bits per heavy atom. The van der Waals surface area contributed by atoms with Crippen LogP contribution in [0.15, 0.2) is 60.9 Å². The molecule has 2 aromatic carbocycles. The van der Waals surface area contributed by atoms with E-state index in [9.17, 15) is 0 Å². The molecule has 0 bridgehead atoms. The second-order valence-corrected chi connectivity index (χ2v) is 7.51. The van der Waals surface area contributed by atoms with Crippen molar-refractivity contribution in [3.63, 3.8) is 0 Å². The molecular weight excluding hydrogens is 346 g/mol. The fraction of sp³-hybridized carbons (Fsp3) is 0.304. The summed E-state index contributed by atoms with van der Waals surface area (Å²) in [5, 5.41) is 0. The van der Waals surface area contributed by atoms with Crippen LogP contribution in [-0.4, -0.2) is 50.2 Å². The predicted molar refractivity (Wildman–Crippen MR) is 117 cm³/mol. The van der Waals surface area contributed by atoms with Crippen LogP contribution in [0.4, 0.5) is 17.2 Å². The van der Waals surface area contributed by atoms with Crippen molar-refractivity contribution in [2.24, 2.45) is 0 Å². The van der Waals surface area contributed by atoms with Crippen LogP contribution >= 0.6 is 0 Å². The Labute approximate surface area is 167 Å². The third kappa shape index (κ3) is 3.93. The molecule has 144 valence electrons. The van der Waals surface area contributed by atoms with Crippen LogP contribution in [0.1, 0.15) is 5.56 Å². The first-order valence-corrected chi connectivity index (χ1v) is 9.76. The highest BCUT2D eigenvalue weighted by Crippen LogP contribution is 2.24. The van der Waals surface area contributed by atoms with Crippen LogP contribution in [0, 0.1) is 6.92 Å². The number of piperazine rings is 1. The molecule has 1 aliphatic heterocycles. The normalized spacial score (nSPS) is 14.2.